The molecule has 0 spiro atoms. The summed E-state index contributed by atoms with van der Waals surface area (Å²) in [5.74, 6) is -0.639. The summed E-state index contributed by atoms with van der Waals surface area (Å²) in [5, 5.41) is 18.5. The molecule has 3 saturated carbocycles. The zero-order valence-corrected chi connectivity index (χ0v) is 19.6. The molecule has 0 aliphatic heterocycles. The molecule has 176 valence electrons. The molecule has 4 rings (SSSR count). The molecule has 0 aromatic rings. The first-order chi connectivity index (χ1) is 15.1. The molecule has 0 amide bonds. The summed E-state index contributed by atoms with van der Waals surface area (Å²) in [7, 11) is 0. The van der Waals surface area contributed by atoms with Crippen molar-refractivity contribution in [1.29, 1.82) is 0 Å². The second kappa shape index (κ2) is 8.37. The van der Waals surface area contributed by atoms with Crippen molar-refractivity contribution in [2.24, 2.45) is 34.5 Å². The van der Waals surface area contributed by atoms with E-state index in [-0.39, 0.29) is 60.3 Å². The number of hydrogen-bond acceptors (Lipinski definition) is 6. The number of allylic oxidation sites excluding steroid dienone is 3. The van der Waals surface area contributed by atoms with E-state index in [4.69, 9.17) is 21.4 Å². The zero-order valence-electron chi connectivity index (χ0n) is 18.8. The van der Waals surface area contributed by atoms with Gasteiger partial charge in [-0.3, -0.25) is 14.4 Å². The van der Waals surface area contributed by atoms with Crippen LogP contribution in [0.5, 0.6) is 0 Å². The summed E-state index contributed by atoms with van der Waals surface area (Å²) in [6.07, 6.45) is 8.95. The summed E-state index contributed by atoms with van der Waals surface area (Å²) in [6, 6.07) is 0. The summed E-state index contributed by atoms with van der Waals surface area (Å²) in [5.41, 5.74) is 0.143. The van der Waals surface area contributed by atoms with Gasteiger partial charge in [-0.2, -0.15) is 0 Å². The molecule has 4 aliphatic carbocycles. The maximum Gasteiger partial charge on any atom is 0.308 e. The maximum absolute atomic E-state index is 12.5. The minimum atomic E-state index is -0.594. The second-order valence-corrected chi connectivity index (χ2v) is 11.1. The summed E-state index contributed by atoms with van der Waals surface area (Å²) in [6.45, 7) is 3.70. The lowest BCUT2D eigenvalue weighted by Gasteiger charge is -2.63. The lowest BCUT2D eigenvalue weighted by Crippen LogP contribution is -2.61. The number of esters is 1. The Morgan fingerprint density at radius 3 is 2.62 bits per heavy atom. The number of rotatable bonds is 6. The molecule has 7 heteroatoms. The Morgan fingerprint density at radius 1 is 1.19 bits per heavy atom. The van der Waals surface area contributed by atoms with E-state index < -0.39 is 22.9 Å². The van der Waals surface area contributed by atoms with Crippen molar-refractivity contribution in [2.45, 2.75) is 57.2 Å². The number of hydrogen-bond donors (Lipinski definition) is 2. The molecular weight excluding hydrogens is 432 g/mol. The Bertz CT molecular complexity index is 880. The quantitative estimate of drug-likeness (QED) is 0.463. The summed E-state index contributed by atoms with van der Waals surface area (Å²) < 4.78 is 5.47. The Kier molecular flexibility index (Phi) is 6.19. The first-order valence-corrected chi connectivity index (χ1v) is 12.0. The van der Waals surface area contributed by atoms with E-state index in [0.717, 1.165) is 24.8 Å². The molecule has 0 radical (unpaired) electrons. The molecule has 32 heavy (non-hydrogen) atoms. The maximum atomic E-state index is 12.5. The molecule has 0 unspecified atom stereocenters. The fraction of sp³-hybridized carbons (Fsp3) is 0.720. The van der Waals surface area contributed by atoms with E-state index in [0.29, 0.717) is 12.8 Å². The smallest absolute Gasteiger partial charge is 0.308 e. The minimum Gasteiger partial charge on any atom is -0.465 e. The number of carbonyl (C=O) groups is 3. The topological polar surface area (TPSA) is 101 Å². The predicted molar refractivity (Wildman–Crippen MR) is 119 cm³/mol. The van der Waals surface area contributed by atoms with Gasteiger partial charge in [-0.25, -0.2) is 0 Å². The third kappa shape index (κ3) is 3.41. The van der Waals surface area contributed by atoms with Gasteiger partial charge in [0.1, 0.15) is 6.61 Å². The van der Waals surface area contributed by atoms with Crippen molar-refractivity contribution in [3.8, 4) is 0 Å². The molecule has 0 saturated heterocycles. The van der Waals surface area contributed by atoms with E-state index in [9.17, 15) is 19.5 Å². The standard InChI is InChI=1S/C25H33ClO6/c1-23-8-9-25(26)20(17(23)3-4-18(23)21(30)13-28)11-15(14-32-22(31)6-10-27)19-12-16(29)5-7-24(19,25)2/h5,7,12,15,17-18,20,27-28H,3-4,6,8-11,13-14H2,1-2H3/t15-,17+,18-,20+,23+,24+,25-/m1/s1. The number of alkyl halides is 1. The van der Waals surface area contributed by atoms with Gasteiger partial charge in [0.15, 0.2) is 11.6 Å². The first-order valence-electron chi connectivity index (χ1n) is 11.6. The number of halogens is 1. The molecule has 7 atom stereocenters. The van der Waals surface area contributed by atoms with Crippen LogP contribution in [0.25, 0.3) is 0 Å². The number of aliphatic hydroxyl groups excluding tert-OH is 2. The monoisotopic (exact) mass is 464 g/mol. The molecule has 2 N–H and O–H groups in total. The van der Waals surface area contributed by atoms with Crippen molar-refractivity contribution in [3.05, 3.63) is 23.8 Å². The second-order valence-electron chi connectivity index (χ2n) is 10.5. The molecule has 6 nitrogen and oxygen atoms in total. The molecule has 4 aliphatic rings. The van der Waals surface area contributed by atoms with E-state index in [1.165, 1.54) is 0 Å². The van der Waals surface area contributed by atoms with Gasteiger partial charge in [-0.05, 0) is 67.1 Å². The normalized spacial score (nSPS) is 42.5. The van der Waals surface area contributed by atoms with E-state index in [1.807, 2.05) is 6.08 Å². The largest absolute Gasteiger partial charge is 0.465 e. The van der Waals surface area contributed by atoms with Gasteiger partial charge in [-0.15, -0.1) is 11.6 Å². The highest BCUT2D eigenvalue weighted by Gasteiger charge is 2.67. The number of carbonyl (C=O) groups excluding carboxylic acids is 3. The van der Waals surface area contributed by atoms with Crippen LogP contribution >= 0.6 is 11.6 Å². The van der Waals surface area contributed by atoms with Crippen LogP contribution < -0.4 is 0 Å². The van der Waals surface area contributed by atoms with Crippen LogP contribution in [-0.2, 0) is 19.1 Å². The van der Waals surface area contributed by atoms with E-state index in [1.54, 1.807) is 12.2 Å². The number of fused-ring (bicyclic) bond motifs is 5. The van der Waals surface area contributed by atoms with Crippen LogP contribution in [0, 0.1) is 34.5 Å². The van der Waals surface area contributed by atoms with Crippen molar-refractivity contribution >= 4 is 29.1 Å². The molecule has 3 fully saturated rings. The van der Waals surface area contributed by atoms with Crippen LogP contribution in [0.3, 0.4) is 0 Å². The first kappa shape index (κ1) is 23.7. The number of ether oxygens (including phenoxy) is 1. The molecule has 0 bridgehead atoms. The minimum absolute atomic E-state index is 0.0591. The van der Waals surface area contributed by atoms with E-state index in [2.05, 4.69) is 13.8 Å². The Morgan fingerprint density at radius 2 is 1.94 bits per heavy atom. The number of Topliss-reactive ketones (excluding diaryl/α,β-unsaturated/α-hetero) is 1. The third-order valence-electron chi connectivity index (χ3n) is 9.14. The SMILES string of the molecule is C[C@]12CC[C@@]3(Cl)[C@@H](C[C@H](COC(=O)CCO)C4=CC(=O)C=C[C@@]43C)[C@@H]1CC[C@@H]2C(=O)CO. The highest BCUT2D eigenvalue weighted by Crippen LogP contribution is 2.70. The van der Waals surface area contributed by atoms with Crippen molar-refractivity contribution in [2.75, 3.05) is 19.8 Å². The molecule has 0 heterocycles. The van der Waals surface area contributed by atoms with Crippen LogP contribution in [0.4, 0.5) is 0 Å². The average molecular weight is 465 g/mol. The van der Waals surface area contributed by atoms with Crippen molar-refractivity contribution < 1.29 is 29.3 Å². The van der Waals surface area contributed by atoms with Gasteiger partial charge in [0.2, 0.25) is 0 Å². The van der Waals surface area contributed by atoms with Crippen molar-refractivity contribution in [3.63, 3.8) is 0 Å². The number of ketones is 2. The van der Waals surface area contributed by atoms with Crippen LogP contribution in [-0.4, -0.2) is 52.4 Å². The van der Waals surface area contributed by atoms with Crippen LogP contribution in [0.2, 0.25) is 0 Å². The summed E-state index contributed by atoms with van der Waals surface area (Å²) >= 11 is 7.53. The predicted octanol–water partition coefficient (Wildman–Crippen LogP) is 2.99. The highest BCUT2D eigenvalue weighted by molar-refractivity contribution is 6.25. The number of aliphatic hydroxyl groups is 2. The van der Waals surface area contributed by atoms with Crippen molar-refractivity contribution in [1.82, 2.24) is 0 Å². The third-order valence-corrected chi connectivity index (χ3v) is 10.00. The van der Waals surface area contributed by atoms with Crippen LogP contribution in [0.15, 0.2) is 23.8 Å². The Hall–Kier alpha value is -1.50. The highest BCUT2D eigenvalue weighted by atomic mass is 35.5. The van der Waals surface area contributed by atoms with Gasteiger partial charge >= 0.3 is 5.97 Å². The lowest BCUT2D eigenvalue weighted by atomic mass is 9.45. The fourth-order valence-electron chi connectivity index (χ4n) is 7.44. The molecule has 0 aromatic heterocycles. The molecular formula is C25H33ClO6. The van der Waals surface area contributed by atoms with Gasteiger partial charge in [0.05, 0.1) is 24.5 Å². The fourth-order valence-corrected chi connectivity index (χ4v) is 7.95. The van der Waals surface area contributed by atoms with Gasteiger partial charge in [-0.1, -0.05) is 19.9 Å². The van der Waals surface area contributed by atoms with Crippen LogP contribution in [0.1, 0.15) is 52.4 Å². The lowest BCUT2D eigenvalue weighted by molar-refractivity contribution is -0.146. The molecule has 0 aromatic carbocycles. The van der Waals surface area contributed by atoms with E-state index >= 15 is 0 Å². The van der Waals surface area contributed by atoms with Gasteiger partial charge in [0.25, 0.3) is 0 Å². The van der Waals surface area contributed by atoms with Gasteiger partial charge < -0.3 is 14.9 Å². The summed E-state index contributed by atoms with van der Waals surface area (Å²) in [4.78, 5) is 36.2. The zero-order chi connectivity index (χ0) is 23.3. The van der Waals surface area contributed by atoms with Gasteiger partial charge in [0, 0.05) is 17.3 Å². The average Bonchev–Trinajstić information content (AvgIpc) is 3.11. The Balaban J connectivity index is 1.70. The Labute approximate surface area is 194 Å².